The van der Waals surface area contributed by atoms with Crippen LogP contribution in [-0.2, 0) is 13.1 Å². The quantitative estimate of drug-likeness (QED) is 0.572. The van der Waals surface area contributed by atoms with E-state index in [0.29, 0.717) is 6.54 Å². The molecule has 0 unspecified atom stereocenters. The van der Waals surface area contributed by atoms with Gasteiger partial charge < -0.3 is 15.0 Å². The van der Waals surface area contributed by atoms with Crippen molar-refractivity contribution in [3.8, 4) is 0 Å². The number of pyridine rings is 1. The third-order valence-electron chi connectivity index (χ3n) is 3.63. The lowest BCUT2D eigenvalue weighted by Gasteiger charge is -2.09. The zero-order valence-corrected chi connectivity index (χ0v) is 14.4. The van der Waals surface area contributed by atoms with Crippen LogP contribution in [0.3, 0.4) is 0 Å². The van der Waals surface area contributed by atoms with Crippen LogP contribution < -0.4 is 10.6 Å². The van der Waals surface area contributed by atoms with Crippen LogP contribution in [0, 0.1) is 13.8 Å². The van der Waals surface area contributed by atoms with Crippen molar-refractivity contribution in [1.82, 2.24) is 20.0 Å². The number of nitrogens with zero attached hydrogens (tertiary/aromatic N) is 3. The Balaban J connectivity index is 1.59. The first kappa shape index (κ1) is 15.6. The minimum Gasteiger partial charge on any atom is -0.352 e. The number of aliphatic imine (C=N–C) groups is 1. The maximum atomic E-state index is 4.62. The van der Waals surface area contributed by atoms with Crippen molar-refractivity contribution in [1.29, 1.82) is 0 Å². The Hall–Kier alpha value is -2.34. The van der Waals surface area contributed by atoms with Gasteiger partial charge in [0, 0.05) is 28.7 Å². The maximum absolute atomic E-state index is 4.62. The summed E-state index contributed by atoms with van der Waals surface area (Å²) >= 11 is 1.80. The average Bonchev–Trinajstić information content (AvgIpc) is 3.14. The number of hydrogen-bond donors (Lipinski definition) is 2. The van der Waals surface area contributed by atoms with Crippen molar-refractivity contribution < 1.29 is 0 Å². The molecule has 5 nitrogen and oxygen atoms in total. The Morgan fingerprint density at radius 1 is 1.17 bits per heavy atom. The summed E-state index contributed by atoms with van der Waals surface area (Å²) in [6.45, 7) is 5.62. The molecule has 0 spiro atoms. The van der Waals surface area contributed by atoms with Gasteiger partial charge in [-0.3, -0.25) is 4.99 Å². The molecular weight excluding hydrogens is 306 g/mol. The second-order valence-corrected chi connectivity index (χ2v) is 6.79. The van der Waals surface area contributed by atoms with Gasteiger partial charge in [-0.05, 0) is 38.1 Å². The first-order valence-electron chi connectivity index (χ1n) is 7.59. The Bertz CT molecular complexity index is 830. The summed E-state index contributed by atoms with van der Waals surface area (Å²) in [4.78, 5) is 11.5. The van der Waals surface area contributed by atoms with Crippen molar-refractivity contribution in [3.05, 3.63) is 57.7 Å². The minimum absolute atomic E-state index is 0.643. The van der Waals surface area contributed by atoms with E-state index in [1.807, 2.05) is 12.1 Å². The molecule has 0 saturated heterocycles. The maximum Gasteiger partial charge on any atom is 0.191 e. The van der Waals surface area contributed by atoms with Gasteiger partial charge in [0.2, 0.25) is 0 Å². The van der Waals surface area contributed by atoms with E-state index in [4.69, 9.17) is 0 Å². The fourth-order valence-electron chi connectivity index (χ4n) is 2.43. The molecular formula is C17H21N5S. The van der Waals surface area contributed by atoms with Crippen molar-refractivity contribution >= 4 is 22.9 Å². The van der Waals surface area contributed by atoms with Crippen molar-refractivity contribution in [2.45, 2.75) is 26.9 Å². The molecule has 0 saturated carbocycles. The van der Waals surface area contributed by atoms with Crippen LogP contribution in [0.5, 0.6) is 0 Å². The molecule has 3 rings (SSSR count). The van der Waals surface area contributed by atoms with E-state index in [0.717, 1.165) is 23.8 Å². The van der Waals surface area contributed by atoms with Crippen LogP contribution in [0.25, 0.3) is 5.65 Å². The van der Waals surface area contributed by atoms with E-state index in [-0.39, 0.29) is 0 Å². The molecule has 0 bridgehead atoms. The van der Waals surface area contributed by atoms with Gasteiger partial charge in [0.15, 0.2) is 5.96 Å². The fraction of sp³-hybridized carbons (Fsp3) is 0.294. The number of rotatable bonds is 4. The van der Waals surface area contributed by atoms with E-state index in [1.165, 1.54) is 15.4 Å². The number of fused-ring (bicyclic) bond motifs is 1. The molecule has 0 amide bonds. The summed E-state index contributed by atoms with van der Waals surface area (Å²) in [5, 5.41) is 6.64. The fourth-order valence-corrected chi connectivity index (χ4v) is 3.26. The highest BCUT2D eigenvalue weighted by Gasteiger charge is 2.05. The van der Waals surface area contributed by atoms with E-state index in [2.05, 4.69) is 63.3 Å². The predicted molar refractivity (Wildman–Crippen MR) is 96.0 cm³/mol. The van der Waals surface area contributed by atoms with E-state index in [9.17, 15) is 0 Å². The number of guanidine groups is 1. The number of nitrogens with one attached hydrogen (secondary N) is 2. The summed E-state index contributed by atoms with van der Waals surface area (Å²) in [5.41, 5.74) is 3.14. The largest absolute Gasteiger partial charge is 0.352 e. The molecule has 2 N–H and O–H groups in total. The highest BCUT2D eigenvalue weighted by molar-refractivity contribution is 7.11. The summed E-state index contributed by atoms with van der Waals surface area (Å²) in [7, 11) is 1.78. The van der Waals surface area contributed by atoms with Gasteiger partial charge in [0.1, 0.15) is 5.65 Å². The van der Waals surface area contributed by atoms with Crippen LogP contribution in [0.15, 0.2) is 41.5 Å². The summed E-state index contributed by atoms with van der Waals surface area (Å²) in [5.74, 6) is 0.782. The molecule has 0 aliphatic rings. The first-order valence-corrected chi connectivity index (χ1v) is 8.41. The molecule has 120 valence electrons. The lowest BCUT2D eigenvalue weighted by Crippen LogP contribution is -2.36. The number of thiophene rings is 1. The van der Waals surface area contributed by atoms with Crippen LogP contribution in [0.1, 0.15) is 21.1 Å². The molecule has 6 heteroatoms. The van der Waals surface area contributed by atoms with Gasteiger partial charge in [0.05, 0.1) is 18.8 Å². The monoisotopic (exact) mass is 327 g/mol. The van der Waals surface area contributed by atoms with Gasteiger partial charge in [0.25, 0.3) is 0 Å². The van der Waals surface area contributed by atoms with Gasteiger partial charge in [-0.1, -0.05) is 6.07 Å². The first-order chi connectivity index (χ1) is 11.2. The lowest BCUT2D eigenvalue weighted by molar-refractivity contribution is 0.803. The van der Waals surface area contributed by atoms with Gasteiger partial charge in [-0.15, -0.1) is 11.3 Å². The molecule has 0 aliphatic heterocycles. The van der Waals surface area contributed by atoms with Crippen LogP contribution >= 0.6 is 11.3 Å². The second kappa shape index (κ2) is 6.83. The predicted octanol–water partition coefficient (Wildman–Crippen LogP) is 2.88. The zero-order chi connectivity index (χ0) is 16.2. The standard InChI is InChI=1S/C17H21N5S/c1-12-5-4-6-16-21-14(11-22(12)16)9-19-17(18-3)20-10-15-8-7-13(2)23-15/h4-8,11H,9-10H2,1-3H3,(H2,18,19,20). The van der Waals surface area contributed by atoms with Crippen molar-refractivity contribution in [2.75, 3.05) is 7.05 Å². The summed E-state index contributed by atoms with van der Waals surface area (Å²) in [6, 6.07) is 10.4. The Morgan fingerprint density at radius 3 is 2.70 bits per heavy atom. The third kappa shape index (κ3) is 3.71. The highest BCUT2D eigenvalue weighted by atomic mass is 32.1. The topological polar surface area (TPSA) is 53.7 Å². The Morgan fingerprint density at radius 2 is 2.00 bits per heavy atom. The van der Waals surface area contributed by atoms with E-state index < -0.39 is 0 Å². The van der Waals surface area contributed by atoms with Crippen LogP contribution in [0.4, 0.5) is 0 Å². The molecule has 0 aliphatic carbocycles. The van der Waals surface area contributed by atoms with Crippen LogP contribution in [0.2, 0.25) is 0 Å². The Labute approximate surface area is 140 Å². The highest BCUT2D eigenvalue weighted by Crippen LogP contribution is 2.14. The summed E-state index contributed by atoms with van der Waals surface area (Å²) in [6.07, 6.45) is 2.06. The molecule has 0 fully saturated rings. The zero-order valence-electron chi connectivity index (χ0n) is 13.6. The summed E-state index contributed by atoms with van der Waals surface area (Å²) < 4.78 is 2.10. The smallest absolute Gasteiger partial charge is 0.191 e. The number of aromatic nitrogens is 2. The molecule has 3 heterocycles. The van der Waals surface area contributed by atoms with Crippen molar-refractivity contribution in [2.24, 2.45) is 4.99 Å². The van der Waals surface area contributed by atoms with Gasteiger partial charge >= 0.3 is 0 Å². The molecule has 0 aromatic carbocycles. The van der Waals surface area contributed by atoms with E-state index >= 15 is 0 Å². The molecule has 23 heavy (non-hydrogen) atoms. The number of imidazole rings is 1. The SMILES string of the molecule is CN=C(NCc1cn2c(C)cccc2n1)NCc1ccc(C)s1. The van der Waals surface area contributed by atoms with E-state index in [1.54, 1.807) is 18.4 Å². The lowest BCUT2D eigenvalue weighted by atomic mass is 10.4. The number of hydrogen-bond acceptors (Lipinski definition) is 3. The second-order valence-electron chi connectivity index (χ2n) is 5.42. The van der Waals surface area contributed by atoms with Crippen LogP contribution in [-0.4, -0.2) is 22.4 Å². The molecule has 3 aromatic rings. The minimum atomic E-state index is 0.643. The third-order valence-corrected chi connectivity index (χ3v) is 4.63. The van der Waals surface area contributed by atoms with Gasteiger partial charge in [-0.25, -0.2) is 4.98 Å². The molecule has 0 atom stereocenters. The van der Waals surface area contributed by atoms with Crippen molar-refractivity contribution in [3.63, 3.8) is 0 Å². The Kier molecular flexibility index (Phi) is 4.62. The van der Waals surface area contributed by atoms with Gasteiger partial charge in [-0.2, -0.15) is 0 Å². The average molecular weight is 327 g/mol. The number of aryl methyl sites for hydroxylation is 2. The molecule has 3 aromatic heterocycles. The normalized spacial score (nSPS) is 11.9. The molecule has 0 radical (unpaired) electrons.